The molecule has 6 nitrogen and oxygen atoms in total. The molecule has 0 bridgehead atoms. The van der Waals surface area contributed by atoms with Gasteiger partial charge in [0.25, 0.3) is 5.91 Å². The van der Waals surface area contributed by atoms with Crippen molar-refractivity contribution in [1.82, 2.24) is 9.88 Å². The Morgan fingerprint density at radius 3 is 2.41 bits per heavy atom. The number of carboxylic acids is 1. The first-order valence-electron chi connectivity index (χ1n) is 13.3. The van der Waals surface area contributed by atoms with E-state index in [4.69, 9.17) is 4.74 Å². The third kappa shape index (κ3) is 5.43. The van der Waals surface area contributed by atoms with Crippen molar-refractivity contribution in [2.45, 2.75) is 33.4 Å². The SMILES string of the molecule is COc1ccc(F)cc1C(C)NC(=O)c1ccc2c(c1)c(C)c(C)n2Cc1ccc(-c2ccccc2C(=O)O)cc1. The highest BCUT2D eigenvalue weighted by Crippen LogP contribution is 2.30. The van der Waals surface area contributed by atoms with E-state index in [-0.39, 0.29) is 11.5 Å². The Bertz CT molecular complexity index is 1770. The van der Waals surface area contributed by atoms with Gasteiger partial charge >= 0.3 is 5.97 Å². The molecule has 5 rings (SSSR count). The Kier molecular flexibility index (Phi) is 7.62. The van der Waals surface area contributed by atoms with Crippen molar-refractivity contribution in [3.63, 3.8) is 0 Å². The van der Waals surface area contributed by atoms with E-state index in [1.165, 1.54) is 19.2 Å². The van der Waals surface area contributed by atoms with Gasteiger partial charge in [0.05, 0.1) is 18.7 Å². The van der Waals surface area contributed by atoms with E-state index in [1.54, 1.807) is 31.2 Å². The maximum absolute atomic E-state index is 13.9. The van der Waals surface area contributed by atoms with Gasteiger partial charge in [-0.2, -0.15) is 0 Å². The van der Waals surface area contributed by atoms with Crippen molar-refractivity contribution in [2.75, 3.05) is 7.11 Å². The number of hydrogen-bond acceptors (Lipinski definition) is 3. The zero-order valence-electron chi connectivity index (χ0n) is 23.4. The summed E-state index contributed by atoms with van der Waals surface area (Å²) in [4.78, 5) is 24.8. The van der Waals surface area contributed by atoms with E-state index >= 15 is 0 Å². The standard InChI is InChI=1S/C34H31FN2O4/c1-20-22(3)37(19-23-9-11-24(12-10-23)27-7-5-6-8-28(27)34(39)40)31-15-13-25(17-29(20)31)33(38)36-21(2)30-18-26(35)14-16-32(30)41-4/h5-18,21H,19H2,1-4H3,(H,36,38)(H,39,40). The molecule has 1 amide bonds. The number of carbonyl (C=O) groups excluding carboxylic acids is 1. The van der Waals surface area contributed by atoms with Gasteiger partial charge in [0.1, 0.15) is 11.6 Å². The number of aromatic nitrogens is 1. The second kappa shape index (κ2) is 11.3. The average Bonchev–Trinajstić information content (AvgIpc) is 3.21. The molecule has 7 heteroatoms. The second-order valence-electron chi connectivity index (χ2n) is 10.2. The van der Waals surface area contributed by atoms with Gasteiger partial charge < -0.3 is 19.7 Å². The zero-order chi connectivity index (χ0) is 29.3. The topological polar surface area (TPSA) is 80.6 Å². The van der Waals surface area contributed by atoms with Crippen molar-refractivity contribution in [2.24, 2.45) is 0 Å². The normalized spacial score (nSPS) is 11.8. The number of amides is 1. The van der Waals surface area contributed by atoms with Crippen LogP contribution in [0.5, 0.6) is 5.75 Å². The van der Waals surface area contributed by atoms with Gasteiger partial charge in [0, 0.05) is 34.3 Å². The molecule has 0 radical (unpaired) electrons. The predicted molar refractivity (Wildman–Crippen MR) is 158 cm³/mol. The molecule has 0 aliphatic heterocycles. The number of ether oxygens (including phenoxy) is 1. The van der Waals surface area contributed by atoms with Crippen LogP contribution in [0, 0.1) is 19.7 Å². The fourth-order valence-corrected chi connectivity index (χ4v) is 5.29. The van der Waals surface area contributed by atoms with Crippen molar-refractivity contribution >= 4 is 22.8 Å². The monoisotopic (exact) mass is 550 g/mol. The number of carbonyl (C=O) groups is 2. The van der Waals surface area contributed by atoms with Crippen LogP contribution in [0.1, 0.15) is 56.1 Å². The minimum Gasteiger partial charge on any atom is -0.496 e. The van der Waals surface area contributed by atoms with Crippen LogP contribution >= 0.6 is 0 Å². The number of halogens is 1. The van der Waals surface area contributed by atoms with Gasteiger partial charge in [-0.3, -0.25) is 4.79 Å². The number of fused-ring (bicyclic) bond motifs is 1. The molecule has 5 aromatic rings. The van der Waals surface area contributed by atoms with Crippen LogP contribution in [0.15, 0.2) is 84.9 Å². The van der Waals surface area contributed by atoms with Crippen LogP contribution in [-0.4, -0.2) is 28.7 Å². The fourth-order valence-electron chi connectivity index (χ4n) is 5.29. The molecule has 2 N–H and O–H groups in total. The van der Waals surface area contributed by atoms with Crippen LogP contribution in [0.3, 0.4) is 0 Å². The van der Waals surface area contributed by atoms with E-state index in [9.17, 15) is 19.1 Å². The van der Waals surface area contributed by atoms with Gasteiger partial charge in [-0.05, 0) is 85.5 Å². The summed E-state index contributed by atoms with van der Waals surface area (Å²) in [6.07, 6.45) is 0. The number of nitrogens with one attached hydrogen (secondary N) is 1. The molecule has 1 heterocycles. The molecular weight excluding hydrogens is 519 g/mol. The summed E-state index contributed by atoms with van der Waals surface area (Å²) in [6, 6.07) is 24.3. The number of aryl methyl sites for hydroxylation is 1. The lowest BCUT2D eigenvalue weighted by Gasteiger charge is -2.17. The highest BCUT2D eigenvalue weighted by atomic mass is 19.1. The summed E-state index contributed by atoms with van der Waals surface area (Å²) < 4.78 is 21.4. The van der Waals surface area contributed by atoms with E-state index in [0.29, 0.717) is 29.0 Å². The molecule has 0 spiro atoms. The maximum Gasteiger partial charge on any atom is 0.336 e. The quantitative estimate of drug-likeness (QED) is 0.212. The molecule has 1 aromatic heterocycles. The van der Waals surface area contributed by atoms with Gasteiger partial charge in [0.15, 0.2) is 0 Å². The van der Waals surface area contributed by atoms with Crippen LogP contribution in [0.25, 0.3) is 22.0 Å². The fraction of sp³-hybridized carbons (Fsp3) is 0.176. The van der Waals surface area contributed by atoms with E-state index in [1.807, 2.05) is 55.5 Å². The maximum atomic E-state index is 13.9. The molecule has 0 fully saturated rings. The number of benzene rings is 4. The molecule has 1 atom stereocenters. The minimum atomic E-state index is -0.953. The number of methoxy groups -OCH3 is 1. The number of carboxylic acid groups (broad SMARTS) is 1. The number of rotatable bonds is 8. The molecule has 0 aliphatic carbocycles. The Balaban J connectivity index is 1.39. The molecule has 41 heavy (non-hydrogen) atoms. The minimum absolute atomic E-state index is 0.257. The summed E-state index contributed by atoms with van der Waals surface area (Å²) in [5, 5.41) is 13.5. The summed E-state index contributed by atoms with van der Waals surface area (Å²) in [5.74, 6) is -1.09. The Hall–Kier alpha value is -4.91. The van der Waals surface area contributed by atoms with E-state index in [0.717, 1.165) is 33.3 Å². The van der Waals surface area contributed by atoms with Crippen LogP contribution < -0.4 is 10.1 Å². The Labute approximate surface area is 238 Å². The van der Waals surface area contributed by atoms with Gasteiger partial charge in [-0.1, -0.05) is 42.5 Å². The first-order valence-corrected chi connectivity index (χ1v) is 13.3. The lowest BCUT2D eigenvalue weighted by molar-refractivity contribution is 0.0697. The van der Waals surface area contributed by atoms with Crippen molar-refractivity contribution in [3.8, 4) is 16.9 Å². The summed E-state index contributed by atoms with van der Waals surface area (Å²) >= 11 is 0. The predicted octanol–water partition coefficient (Wildman–Crippen LogP) is 7.31. The lowest BCUT2D eigenvalue weighted by Crippen LogP contribution is -2.27. The summed E-state index contributed by atoms with van der Waals surface area (Å²) in [7, 11) is 1.52. The molecule has 0 aliphatic rings. The van der Waals surface area contributed by atoms with Crippen molar-refractivity contribution in [1.29, 1.82) is 0 Å². The smallest absolute Gasteiger partial charge is 0.336 e. The number of hydrogen-bond donors (Lipinski definition) is 2. The molecular formula is C34H31FN2O4. The van der Waals surface area contributed by atoms with Crippen LogP contribution in [0.4, 0.5) is 4.39 Å². The van der Waals surface area contributed by atoms with E-state index < -0.39 is 17.8 Å². The highest BCUT2D eigenvalue weighted by molar-refractivity contribution is 5.99. The third-order valence-corrected chi connectivity index (χ3v) is 7.67. The first-order chi connectivity index (χ1) is 19.7. The summed E-state index contributed by atoms with van der Waals surface area (Å²) in [5.41, 5.74) is 7.14. The average molecular weight is 551 g/mol. The van der Waals surface area contributed by atoms with Crippen LogP contribution in [-0.2, 0) is 6.54 Å². The van der Waals surface area contributed by atoms with Gasteiger partial charge in [0.2, 0.25) is 0 Å². The molecule has 1 unspecified atom stereocenters. The highest BCUT2D eigenvalue weighted by Gasteiger charge is 2.19. The van der Waals surface area contributed by atoms with Gasteiger partial charge in [-0.25, -0.2) is 9.18 Å². The zero-order valence-corrected chi connectivity index (χ0v) is 23.4. The largest absolute Gasteiger partial charge is 0.496 e. The Morgan fingerprint density at radius 1 is 0.976 bits per heavy atom. The molecule has 4 aromatic carbocycles. The lowest BCUT2D eigenvalue weighted by atomic mass is 9.99. The third-order valence-electron chi connectivity index (χ3n) is 7.67. The molecule has 208 valence electrons. The second-order valence-corrected chi connectivity index (χ2v) is 10.2. The number of nitrogens with zero attached hydrogens (tertiary/aromatic N) is 1. The van der Waals surface area contributed by atoms with Gasteiger partial charge in [-0.15, -0.1) is 0 Å². The first kappa shape index (κ1) is 27.6. The molecule has 0 saturated heterocycles. The van der Waals surface area contributed by atoms with E-state index in [2.05, 4.69) is 16.8 Å². The van der Waals surface area contributed by atoms with Crippen molar-refractivity contribution in [3.05, 3.63) is 124 Å². The van der Waals surface area contributed by atoms with Crippen LogP contribution in [0.2, 0.25) is 0 Å². The number of aromatic carboxylic acids is 1. The Morgan fingerprint density at radius 2 is 1.71 bits per heavy atom. The van der Waals surface area contributed by atoms with Crippen molar-refractivity contribution < 1.29 is 23.8 Å². The summed E-state index contributed by atoms with van der Waals surface area (Å²) in [6.45, 7) is 6.52. The molecule has 0 saturated carbocycles.